The molecule has 0 saturated carbocycles. The van der Waals surface area contributed by atoms with E-state index in [9.17, 15) is 19.5 Å². The van der Waals surface area contributed by atoms with E-state index in [-0.39, 0.29) is 0 Å². The minimum absolute atomic E-state index is 0.521. The molecule has 130 valence electrons. The smallest absolute Gasteiger partial charge is 0.327 e. The number of fused-ring (bicyclic) bond motifs is 1. The van der Waals surface area contributed by atoms with Gasteiger partial charge < -0.3 is 21.1 Å². The molecule has 0 radical (unpaired) electrons. The molecule has 1 aromatic heterocycles. The van der Waals surface area contributed by atoms with E-state index in [2.05, 4.69) is 5.32 Å². The van der Waals surface area contributed by atoms with Crippen LogP contribution in [0.1, 0.15) is 25.5 Å². The summed E-state index contributed by atoms with van der Waals surface area (Å²) in [6, 6.07) is -0.602. The van der Waals surface area contributed by atoms with Crippen molar-refractivity contribution in [1.82, 2.24) is 10.2 Å². The zero-order valence-electron chi connectivity index (χ0n) is 12.9. The summed E-state index contributed by atoms with van der Waals surface area (Å²) in [5.41, 5.74) is 6.30. The van der Waals surface area contributed by atoms with E-state index in [0.717, 1.165) is 16.7 Å². The summed E-state index contributed by atoms with van der Waals surface area (Å²) in [6.07, 6.45) is 0. The summed E-state index contributed by atoms with van der Waals surface area (Å²) in [4.78, 5) is 36.8. The Morgan fingerprint density at radius 3 is 2.71 bits per heavy atom. The number of carbonyl (C=O) groups is 3. The van der Waals surface area contributed by atoms with Crippen LogP contribution in [-0.2, 0) is 14.4 Å². The van der Waals surface area contributed by atoms with Gasteiger partial charge in [0.15, 0.2) is 0 Å². The Labute approximate surface area is 145 Å². The number of aliphatic carboxylic acids is 1. The van der Waals surface area contributed by atoms with E-state index >= 15 is 4.39 Å². The van der Waals surface area contributed by atoms with Gasteiger partial charge in [-0.25, -0.2) is 9.18 Å². The van der Waals surface area contributed by atoms with Crippen LogP contribution < -0.4 is 11.1 Å². The highest BCUT2D eigenvalue weighted by Gasteiger charge is 2.73. The molecule has 0 bridgehead atoms. The molecule has 2 amide bonds. The maximum atomic E-state index is 15.1. The number of carboxylic acids is 1. The third kappa shape index (κ3) is 2.32. The maximum Gasteiger partial charge on any atom is 0.327 e. The van der Waals surface area contributed by atoms with Gasteiger partial charge in [0.1, 0.15) is 17.5 Å². The molecule has 3 heterocycles. The summed E-state index contributed by atoms with van der Waals surface area (Å²) in [5.74, 6) is -5.71. The molecule has 2 aliphatic rings. The van der Waals surface area contributed by atoms with Gasteiger partial charge in [0.25, 0.3) is 11.7 Å². The molecular formula is C14H16FN3O4S2. The molecule has 7 nitrogen and oxygen atoms in total. The van der Waals surface area contributed by atoms with Gasteiger partial charge >= 0.3 is 5.97 Å². The molecular weight excluding hydrogens is 357 g/mol. The molecule has 2 aliphatic heterocycles. The second kappa shape index (κ2) is 5.43. The largest absolute Gasteiger partial charge is 0.480 e. The first-order chi connectivity index (χ1) is 11.1. The van der Waals surface area contributed by atoms with E-state index in [1.807, 2.05) is 0 Å². The second-order valence-electron chi connectivity index (χ2n) is 6.26. The average Bonchev–Trinajstić information content (AvgIpc) is 3.10. The predicted molar refractivity (Wildman–Crippen MR) is 87.0 cm³/mol. The third-order valence-electron chi connectivity index (χ3n) is 4.21. The predicted octanol–water partition coefficient (Wildman–Crippen LogP) is 0.677. The fourth-order valence-corrected chi connectivity index (χ4v) is 5.26. The Kier molecular flexibility index (Phi) is 3.89. The highest BCUT2D eigenvalue weighted by molar-refractivity contribution is 8.01. The van der Waals surface area contributed by atoms with Crippen LogP contribution in [0.5, 0.6) is 0 Å². The number of nitrogens with zero attached hydrogens (tertiary/aromatic N) is 1. The number of thiophene rings is 1. The van der Waals surface area contributed by atoms with Crippen molar-refractivity contribution < 1.29 is 23.9 Å². The summed E-state index contributed by atoms with van der Waals surface area (Å²) in [6.45, 7) is 3.25. The number of hydrogen-bond donors (Lipinski definition) is 3. The third-order valence-corrected chi connectivity index (χ3v) is 6.52. The Morgan fingerprint density at radius 2 is 2.17 bits per heavy atom. The van der Waals surface area contributed by atoms with Crippen molar-refractivity contribution in [2.75, 3.05) is 0 Å². The first-order valence-electron chi connectivity index (χ1n) is 7.11. The fourth-order valence-electron chi connectivity index (χ4n) is 3.00. The SMILES string of the molecule is CC1(C)S[C@H]2N(C(=O)C2(F)NC(=O)C(N)c2ccsc2)[C@H]1C(=O)O. The highest BCUT2D eigenvalue weighted by Crippen LogP contribution is 2.55. The van der Waals surface area contributed by atoms with Crippen molar-refractivity contribution in [2.45, 2.75) is 41.8 Å². The van der Waals surface area contributed by atoms with Crippen LogP contribution in [0, 0.1) is 0 Å². The number of hydrogen-bond acceptors (Lipinski definition) is 6. The number of β-lactam (4-membered cyclic amide) rings is 1. The van der Waals surface area contributed by atoms with Crippen LogP contribution in [0.3, 0.4) is 0 Å². The van der Waals surface area contributed by atoms with Crippen LogP contribution in [0.25, 0.3) is 0 Å². The number of nitrogens with one attached hydrogen (secondary N) is 1. The van der Waals surface area contributed by atoms with Crippen LogP contribution in [0.15, 0.2) is 16.8 Å². The van der Waals surface area contributed by atoms with Gasteiger partial charge in [-0.05, 0) is 36.2 Å². The number of rotatable bonds is 4. The normalized spacial score (nSPS) is 32.0. The first-order valence-corrected chi connectivity index (χ1v) is 8.94. The minimum atomic E-state index is -2.64. The molecule has 3 rings (SSSR count). The summed E-state index contributed by atoms with van der Waals surface area (Å²) in [7, 11) is 0. The molecule has 4 N–H and O–H groups in total. The van der Waals surface area contributed by atoms with Crippen molar-refractivity contribution in [3.8, 4) is 0 Å². The Balaban J connectivity index is 1.79. The van der Waals surface area contributed by atoms with Gasteiger partial charge in [-0.2, -0.15) is 11.3 Å². The topological polar surface area (TPSA) is 113 Å². The average molecular weight is 373 g/mol. The lowest BCUT2D eigenvalue weighted by Crippen LogP contribution is -2.77. The summed E-state index contributed by atoms with van der Waals surface area (Å²) < 4.78 is 14.2. The number of amides is 2. The van der Waals surface area contributed by atoms with E-state index in [0.29, 0.717) is 5.56 Å². The van der Waals surface area contributed by atoms with E-state index in [1.165, 1.54) is 11.3 Å². The quantitative estimate of drug-likeness (QED) is 0.528. The lowest BCUT2D eigenvalue weighted by Gasteiger charge is -2.47. The van der Waals surface area contributed by atoms with Crippen molar-refractivity contribution in [1.29, 1.82) is 0 Å². The fraction of sp³-hybridized carbons (Fsp3) is 0.500. The molecule has 1 aromatic rings. The van der Waals surface area contributed by atoms with Gasteiger partial charge in [0.05, 0.1) is 0 Å². The molecule has 10 heteroatoms. The molecule has 2 fully saturated rings. The molecule has 0 aromatic carbocycles. The van der Waals surface area contributed by atoms with Gasteiger partial charge in [0.2, 0.25) is 5.91 Å². The van der Waals surface area contributed by atoms with Crippen molar-refractivity contribution in [2.24, 2.45) is 5.73 Å². The van der Waals surface area contributed by atoms with Crippen LogP contribution in [0.4, 0.5) is 4.39 Å². The number of alkyl halides is 1. The zero-order chi connectivity index (χ0) is 17.9. The highest BCUT2D eigenvalue weighted by atomic mass is 32.2. The van der Waals surface area contributed by atoms with E-state index in [4.69, 9.17) is 5.73 Å². The maximum absolute atomic E-state index is 15.1. The number of nitrogens with two attached hydrogens (primary N) is 1. The van der Waals surface area contributed by atoms with Crippen molar-refractivity contribution in [3.63, 3.8) is 0 Å². The van der Waals surface area contributed by atoms with E-state index in [1.54, 1.807) is 30.7 Å². The number of carbonyl (C=O) groups excluding carboxylic acids is 2. The Morgan fingerprint density at radius 1 is 1.50 bits per heavy atom. The monoisotopic (exact) mass is 373 g/mol. The number of thioether (sulfide) groups is 1. The minimum Gasteiger partial charge on any atom is -0.480 e. The number of carboxylic acid groups (broad SMARTS) is 1. The zero-order valence-corrected chi connectivity index (χ0v) is 14.5. The van der Waals surface area contributed by atoms with Crippen molar-refractivity contribution >= 4 is 40.9 Å². The van der Waals surface area contributed by atoms with Gasteiger partial charge in [-0.15, -0.1) is 11.8 Å². The lowest BCUT2D eigenvalue weighted by molar-refractivity contribution is -0.182. The first kappa shape index (κ1) is 17.2. The standard InChI is InChI=1S/C14H16FN3O4S2/c1-13(2)8(10(20)21)18-11(22)14(15,12(18)24-13)17-9(19)7(16)6-3-4-23-5-6/h3-5,7-8,12H,16H2,1-2H3,(H,17,19)(H,20,21)/t7?,8-,12+,14?/m0/s1. The van der Waals surface area contributed by atoms with Crippen LogP contribution in [0.2, 0.25) is 0 Å². The Hall–Kier alpha value is -1.65. The molecule has 24 heavy (non-hydrogen) atoms. The molecule has 0 aliphatic carbocycles. The van der Waals surface area contributed by atoms with Gasteiger partial charge in [-0.1, -0.05) is 0 Å². The van der Waals surface area contributed by atoms with Crippen LogP contribution in [-0.4, -0.2) is 49.7 Å². The molecule has 2 saturated heterocycles. The molecule has 0 spiro atoms. The van der Waals surface area contributed by atoms with Crippen molar-refractivity contribution in [3.05, 3.63) is 22.4 Å². The Bertz CT molecular complexity index is 711. The van der Waals surface area contributed by atoms with Gasteiger partial charge in [0, 0.05) is 4.75 Å². The van der Waals surface area contributed by atoms with E-state index < -0.39 is 45.8 Å². The lowest BCUT2D eigenvalue weighted by atomic mass is 9.94. The summed E-state index contributed by atoms with van der Waals surface area (Å²) >= 11 is 2.36. The number of halogens is 1. The van der Waals surface area contributed by atoms with Gasteiger partial charge in [-0.3, -0.25) is 9.59 Å². The second-order valence-corrected chi connectivity index (χ2v) is 8.78. The molecule has 4 atom stereocenters. The summed E-state index contributed by atoms with van der Waals surface area (Å²) in [5, 5.41) is 13.7. The molecule has 2 unspecified atom stereocenters. The van der Waals surface area contributed by atoms with Crippen LogP contribution >= 0.6 is 23.1 Å².